The number of rotatable bonds is 12. The molecule has 1 atom stereocenters. The van der Waals surface area contributed by atoms with E-state index in [1.165, 1.54) is 21.3 Å². The minimum Gasteiger partial charge on any atom is -0.355 e. The van der Waals surface area contributed by atoms with E-state index < -0.39 is 16.1 Å². The lowest BCUT2D eigenvalue weighted by molar-refractivity contribution is -0.141. The number of hydrogen-bond donors (Lipinski definition) is 1. The third kappa shape index (κ3) is 7.99. The van der Waals surface area contributed by atoms with Gasteiger partial charge in [0, 0.05) is 31.1 Å². The third-order valence-electron chi connectivity index (χ3n) is 5.25. The summed E-state index contributed by atoms with van der Waals surface area (Å²) < 4.78 is 39.2. The Kier molecular flexibility index (Phi) is 10.3. The molecule has 0 aromatic heterocycles. The maximum absolute atomic E-state index is 13.3. The smallest absolute Gasteiger partial charge is 0.242 e. The van der Waals surface area contributed by atoms with Crippen LogP contribution in [0.3, 0.4) is 0 Å². The molecule has 0 aliphatic heterocycles. The Morgan fingerprint density at radius 2 is 1.79 bits per heavy atom. The molecule has 10 heteroatoms. The van der Waals surface area contributed by atoms with Gasteiger partial charge >= 0.3 is 0 Å². The van der Waals surface area contributed by atoms with Crippen molar-refractivity contribution in [3.05, 3.63) is 64.9 Å². The fourth-order valence-corrected chi connectivity index (χ4v) is 4.77. The molecular weight excluding hydrogens is 481 g/mol. The summed E-state index contributed by atoms with van der Waals surface area (Å²) in [5.41, 5.74) is 1.11. The second-order valence-corrected chi connectivity index (χ2v) is 10.2. The number of hydrogen-bond acceptors (Lipinski definition) is 4. The highest BCUT2D eigenvalue weighted by Gasteiger charge is 2.28. The van der Waals surface area contributed by atoms with Crippen LogP contribution < -0.4 is 9.62 Å². The maximum atomic E-state index is 13.3. The van der Waals surface area contributed by atoms with E-state index in [9.17, 15) is 22.4 Å². The molecule has 0 aliphatic carbocycles. The van der Waals surface area contributed by atoms with Crippen molar-refractivity contribution in [2.45, 2.75) is 45.7 Å². The average molecular weight is 512 g/mol. The molecule has 0 unspecified atom stereocenters. The van der Waals surface area contributed by atoms with Crippen LogP contribution >= 0.6 is 11.6 Å². The van der Waals surface area contributed by atoms with Crippen molar-refractivity contribution >= 4 is 39.1 Å². The predicted molar refractivity (Wildman–Crippen MR) is 133 cm³/mol. The van der Waals surface area contributed by atoms with Crippen molar-refractivity contribution in [2.75, 3.05) is 23.7 Å². The Morgan fingerprint density at radius 3 is 2.35 bits per heavy atom. The summed E-state index contributed by atoms with van der Waals surface area (Å²) in [6, 6.07) is 11.6. The van der Waals surface area contributed by atoms with E-state index in [1.54, 1.807) is 43.3 Å². The normalized spacial score (nSPS) is 12.1. The number of carbonyl (C=O) groups is 2. The summed E-state index contributed by atoms with van der Waals surface area (Å²) in [4.78, 5) is 27.3. The molecule has 0 heterocycles. The van der Waals surface area contributed by atoms with E-state index in [4.69, 9.17) is 11.6 Å². The fourth-order valence-electron chi connectivity index (χ4n) is 3.63. The summed E-state index contributed by atoms with van der Waals surface area (Å²) in [6.45, 7) is 4.25. The number of halogens is 2. The Bertz CT molecular complexity index is 1080. The Balaban J connectivity index is 2.19. The SMILES string of the molecule is CCNC(=O)[C@H](CC)N(Cc1ccc(F)cc1)C(=O)CCCN(c1cccc(Cl)c1)S(C)(=O)=O. The first-order valence-corrected chi connectivity index (χ1v) is 13.3. The minimum atomic E-state index is -3.60. The first-order valence-electron chi connectivity index (χ1n) is 11.1. The zero-order chi connectivity index (χ0) is 25.3. The van der Waals surface area contributed by atoms with Gasteiger partial charge in [-0.25, -0.2) is 12.8 Å². The number of nitrogens with zero attached hydrogens (tertiary/aromatic N) is 2. The van der Waals surface area contributed by atoms with Crippen LogP contribution in [0.5, 0.6) is 0 Å². The molecule has 2 aromatic carbocycles. The molecule has 186 valence electrons. The quantitative estimate of drug-likeness (QED) is 0.467. The van der Waals surface area contributed by atoms with Gasteiger partial charge < -0.3 is 10.2 Å². The molecule has 0 saturated heterocycles. The summed E-state index contributed by atoms with van der Waals surface area (Å²) in [6.07, 6.45) is 1.77. The molecule has 1 N–H and O–H groups in total. The van der Waals surface area contributed by atoms with E-state index in [0.717, 1.165) is 6.26 Å². The number of carbonyl (C=O) groups excluding carboxylic acids is 2. The van der Waals surface area contributed by atoms with E-state index in [-0.39, 0.29) is 43.6 Å². The zero-order valence-corrected chi connectivity index (χ0v) is 21.2. The van der Waals surface area contributed by atoms with Crippen LogP contribution in [0.2, 0.25) is 5.02 Å². The molecule has 2 aromatic rings. The third-order valence-corrected chi connectivity index (χ3v) is 6.68. The average Bonchev–Trinajstić information content (AvgIpc) is 2.77. The van der Waals surface area contributed by atoms with Gasteiger partial charge in [-0.1, -0.05) is 36.7 Å². The predicted octanol–water partition coefficient (Wildman–Crippen LogP) is 3.97. The first kappa shape index (κ1) is 27.6. The van der Waals surface area contributed by atoms with Gasteiger partial charge in [0.25, 0.3) is 0 Å². The number of anilines is 1. The largest absolute Gasteiger partial charge is 0.355 e. The number of nitrogens with one attached hydrogen (secondary N) is 1. The fraction of sp³-hybridized carbons (Fsp3) is 0.417. The van der Waals surface area contributed by atoms with Crippen molar-refractivity contribution in [3.63, 3.8) is 0 Å². The highest BCUT2D eigenvalue weighted by molar-refractivity contribution is 7.92. The van der Waals surface area contributed by atoms with Gasteiger partial charge in [0.2, 0.25) is 21.8 Å². The Hall–Kier alpha value is -2.65. The molecule has 0 radical (unpaired) electrons. The molecule has 0 saturated carbocycles. The van der Waals surface area contributed by atoms with Crippen molar-refractivity contribution in [1.82, 2.24) is 10.2 Å². The van der Waals surface area contributed by atoms with Gasteiger partial charge in [0.15, 0.2) is 0 Å². The van der Waals surface area contributed by atoms with Crippen molar-refractivity contribution in [1.29, 1.82) is 0 Å². The topological polar surface area (TPSA) is 86.8 Å². The van der Waals surface area contributed by atoms with Crippen LogP contribution in [-0.4, -0.2) is 50.5 Å². The Labute approximate surface area is 205 Å². The van der Waals surface area contributed by atoms with Gasteiger partial charge in [0.05, 0.1) is 11.9 Å². The van der Waals surface area contributed by atoms with E-state index in [0.29, 0.717) is 29.2 Å². The highest BCUT2D eigenvalue weighted by atomic mass is 35.5. The molecule has 34 heavy (non-hydrogen) atoms. The zero-order valence-electron chi connectivity index (χ0n) is 19.6. The molecule has 2 amide bonds. The van der Waals surface area contributed by atoms with Gasteiger partial charge in [0.1, 0.15) is 11.9 Å². The Morgan fingerprint density at radius 1 is 1.12 bits per heavy atom. The summed E-state index contributed by atoms with van der Waals surface area (Å²) in [5.74, 6) is -0.946. The summed E-state index contributed by atoms with van der Waals surface area (Å²) in [5, 5.41) is 3.16. The van der Waals surface area contributed by atoms with Gasteiger partial charge in [-0.2, -0.15) is 0 Å². The molecule has 0 bridgehead atoms. The van der Waals surface area contributed by atoms with Crippen molar-refractivity contribution in [2.24, 2.45) is 0 Å². The van der Waals surface area contributed by atoms with Gasteiger partial charge in [-0.05, 0) is 55.7 Å². The van der Waals surface area contributed by atoms with Crippen LogP contribution in [-0.2, 0) is 26.2 Å². The molecular formula is C24H31ClFN3O4S. The molecule has 0 fully saturated rings. The minimum absolute atomic E-state index is 0.0314. The van der Waals surface area contributed by atoms with Crippen LogP contribution in [0, 0.1) is 5.82 Å². The lowest BCUT2D eigenvalue weighted by Crippen LogP contribution is -2.49. The first-order chi connectivity index (χ1) is 16.1. The lowest BCUT2D eigenvalue weighted by atomic mass is 10.1. The second-order valence-electron chi connectivity index (χ2n) is 7.89. The number of amides is 2. The van der Waals surface area contributed by atoms with E-state index in [2.05, 4.69) is 5.32 Å². The lowest BCUT2D eigenvalue weighted by Gasteiger charge is -2.31. The van der Waals surface area contributed by atoms with Crippen LogP contribution in [0.1, 0.15) is 38.7 Å². The number of likely N-dealkylation sites (N-methyl/N-ethyl adjacent to an activating group) is 1. The summed E-state index contributed by atoms with van der Waals surface area (Å²) in [7, 11) is -3.60. The van der Waals surface area contributed by atoms with E-state index >= 15 is 0 Å². The maximum Gasteiger partial charge on any atom is 0.242 e. The van der Waals surface area contributed by atoms with Gasteiger partial charge in [-0.3, -0.25) is 13.9 Å². The molecule has 0 spiro atoms. The molecule has 7 nitrogen and oxygen atoms in total. The van der Waals surface area contributed by atoms with Crippen molar-refractivity contribution < 1.29 is 22.4 Å². The molecule has 2 rings (SSSR count). The van der Waals surface area contributed by atoms with Crippen molar-refractivity contribution in [3.8, 4) is 0 Å². The van der Waals surface area contributed by atoms with E-state index in [1.807, 2.05) is 6.92 Å². The van der Waals surface area contributed by atoms with Crippen LogP contribution in [0.15, 0.2) is 48.5 Å². The van der Waals surface area contributed by atoms with Crippen LogP contribution in [0.25, 0.3) is 0 Å². The second kappa shape index (κ2) is 12.7. The monoisotopic (exact) mass is 511 g/mol. The number of benzene rings is 2. The number of sulfonamides is 1. The molecule has 0 aliphatic rings. The van der Waals surface area contributed by atoms with Gasteiger partial charge in [-0.15, -0.1) is 0 Å². The summed E-state index contributed by atoms with van der Waals surface area (Å²) >= 11 is 6.01. The van der Waals surface area contributed by atoms with Crippen LogP contribution in [0.4, 0.5) is 10.1 Å². The standard InChI is InChI=1S/C24H31ClFN3O4S/c1-4-22(24(31)27-5-2)28(17-18-11-13-20(26)14-12-18)23(30)10-7-15-29(34(3,32)33)21-9-6-8-19(25)16-21/h6,8-9,11-14,16,22H,4-5,7,10,15,17H2,1-3H3,(H,27,31)/t22-/m0/s1. The highest BCUT2D eigenvalue weighted by Crippen LogP contribution is 2.23.